The van der Waals surface area contributed by atoms with E-state index in [9.17, 15) is 0 Å². The molecule has 0 amide bonds. The van der Waals surface area contributed by atoms with E-state index < -0.39 is 0 Å². The van der Waals surface area contributed by atoms with Gasteiger partial charge in [0.15, 0.2) is 0 Å². The lowest BCUT2D eigenvalue weighted by molar-refractivity contribution is -0.0463. The smallest absolute Gasteiger partial charge is 0.0645 e. The van der Waals surface area contributed by atoms with Gasteiger partial charge in [-0.15, -0.1) is 0 Å². The lowest BCUT2D eigenvalue weighted by Crippen LogP contribution is -2.53. The molecule has 0 bridgehead atoms. The molecule has 0 radical (unpaired) electrons. The Morgan fingerprint density at radius 1 is 1.50 bits per heavy atom. The van der Waals surface area contributed by atoms with Crippen molar-refractivity contribution < 1.29 is 4.74 Å². The molecule has 0 unspecified atom stereocenters. The summed E-state index contributed by atoms with van der Waals surface area (Å²) in [5.41, 5.74) is 1.41. The second kappa shape index (κ2) is 6.38. The van der Waals surface area contributed by atoms with Gasteiger partial charge in [0, 0.05) is 25.2 Å². The van der Waals surface area contributed by atoms with Gasteiger partial charge in [0.05, 0.1) is 13.2 Å². The molecule has 1 N–H and O–H groups in total. The van der Waals surface area contributed by atoms with Gasteiger partial charge in [-0.2, -0.15) is 0 Å². The Kier molecular flexibility index (Phi) is 5.46. The largest absolute Gasteiger partial charge is 0.378 e. The Bertz CT molecular complexity index is 226. The van der Waals surface area contributed by atoms with E-state index in [0.29, 0.717) is 0 Å². The predicted octanol–water partition coefficient (Wildman–Crippen LogP) is 1.65. The van der Waals surface area contributed by atoms with Crippen LogP contribution >= 0.6 is 0 Å². The molecule has 0 aromatic heterocycles. The lowest BCUT2D eigenvalue weighted by Gasteiger charge is -2.42. The Balaban J connectivity index is 2.31. The van der Waals surface area contributed by atoms with Gasteiger partial charge in [0.2, 0.25) is 0 Å². The molecule has 1 heterocycles. The number of nitrogens with zero attached hydrogens (tertiary/aromatic N) is 1. The summed E-state index contributed by atoms with van der Waals surface area (Å²) in [6.07, 6.45) is 1.18. The molecular weight excluding hydrogens is 200 g/mol. The molecule has 1 aliphatic rings. The summed E-state index contributed by atoms with van der Waals surface area (Å²) in [5, 5.41) is 3.39. The summed E-state index contributed by atoms with van der Waals surface area (Å²) in [7, 11) is 0. The summed E-state index contributed by atoms with van der Waals surface area (Å²) in [6.45, 7) is 16.5. The molecule has 1 rings (SSSR count). The van der Waals surface area contributed by atoms with E-state index in [0.717, 1.165) is 39.4 Å². The first-order valence-corrected chi connectivity index (χ1v) is 6.26. The van der Waals surface area contributed by atoms with Crippen LogP contribution in [0.4, 0.5) is 0 Å². The predicted molar refractivity (Wildman–Crippen MR) is 68.8 cm³/mol. The van der Waals surface area contributed by atoms with Crippen LogP contribution in [-0.2, 0) is 4.74 Å². The van der Waals surface area contributed by atoms with Crippen molar-refractivity contribution in [1.29, 1.82) is 0 Å². The zero-order valence-electron chi connectivity index (χ0n) is 11.0. The second-order valence-corrected chi connectivity index (χ2v) is 5.21. The molecule has 1 aliphatic heterocycles. The van der Waals surface area contributed by atoms with Gasteiger partial charge >= 0.3 is 0 Å². The highest BCUT2D eigenvalue weighted by Gasteiger charge is 2.30. The fraction of sp³-hybridized carbons (Fsp3) is 0.846. The standard InChI is InChI=1S/C13H26N2O/c1-5-6-14-9-12(2)10-15-7-8-16-11-13(15,3)4/h14H,2,5-11H2,1,3-4H3. The first-order chi connectivity index (χ1) is 7.56. The van der Waals surface area contributed by atoms with Crippen LogP contribution in [-0.4, -0.2) is 49.8 Å². The molecule has 16 heavy (non-hydrogen) atoms. The van der Waals surface area contributed by atoms with Gasteiger partial charge < -0.3 is 10.1 Å². The number of morpholine rings is 1. The van der Waals surface area contributed by atoms with Crippen LogP contribution in [0.1, 0.15) is 27.2 Å². The van der Waals surface area contributed by atoms with Gasteiger partial charge in [-0.3, -0.25) is 4.90 Å². The zero-order valence-corrected chi connectivity index (χ0v) is 11.0. The third-order valence-corrected chi connectivity index (χ3v) is 3.03. The van der Waals surface area contributed by atoms with E-state index in [2.05, 4.69) is 37.6 Å². The lowest BCUT2D eigenvalue weighted by atomic mass is 10.0. The minimum Gasteiger partial charge on any atom is -0.378 e. The highest BCUT2D eigenvalue weighted by Crippen LogP contribution is 2.19. The maximum Gasteiger partial charge on any atom is 0.0645 e. The van der Waals surface area contributed by atoms with Crippen LogP contribution in [0.3, 0.4) is 0 Å². The van der Waals surface area contributed by atoms with E-state index in [1.54, 1.807) is 0 Å². The van der Waals surface area contributed by atoms with Gasteiger partial charge in [0.1, 0.15) is 0 Å². The Labute approximate surface area is 99.8 Å². The third-order valence-electron chi connectivity index (χ3n) is 3.03. The number of hydrogen-bond acceptors (Lipinski definition) is 3. The quantitative estimate of drug-likeness (QED) is 0.550. The molecule has 0 saturated carbocycles. The summed E-state index contributed by atoms with van der Waals surface area (Å²) < 4.78 is 5.51. The maximum absolute atomic E-state index is 5.51. The van der Waals surface area contributed by atoms with Crippen molar-refractivity contribution >= 4 is 0 Å². The van der Waals surface area contributed by atoms with Gasteiger partial charge in [0.25, 0.3) is 0 Å². The van der Waals surface area contributed by atoms with Crippen LogP contribution in [0.2, 0.25) is 0 Å². The average molecular weight is 226 g/mol. The minimum absolute atomic E-state index is 0.145. The Morgan fingerprint density at radius 2 is 2.25 bits per heavy atom. The summed E-state index contributed by atoms with van der Waals surface area (Å²) in [6, 6.07) is 0. The fourth-order valence-corrected chi connectivity index (χ4v) is 1.95. The van der Waals surface area contributed by atoms with Crippen LogP contribution in [0.5, 0.6) is 0 Å². The van der Waals surface area contributed by atoms with Crippen LogP contribution in [0, 0.1) is 0 Å². The van der Waals surface area contributed by atoms with E-state index >= 15 is 0 Å². The molecular formula is C13H26N2O. The molecule has 0 aromatic carbocycles. The topological polar surface area (TPSA) is 24.5 Å². The number of nitrogens with one attached hydrogen (secondary N) is 1. The Morgan fingerprint density at radius 3 is 2.88 bits per heavy atom. The third kappa shape index (κ3) is 4.24. The highest BCUT2D eigenvalue weighted by molar-refractivity contribution is 5.02. The van der Waals surface area contributed by atoms with Crippen molar-refractivity contribution in [3.05, 3.63) is 12.2 Å². The van der Waals surface area contributed by atoms with Crippen molar-refractivity contribution in [3.8, 4) is 0 Å². The number of rotatable bonds is 6. The van der Waals surface area contributed by atoms with Gasteiger partial charge in [-0.05, 0) is 32.4 Å². The second-order valence-electron chi connectivity index (χ2n) is 5.21. The summed E-state index contributed by atoms with van der Waals surface area (Å²) in [4.78, 5) is 2.46. The first kappa shape index (κ1) is 13.7. The molecule has 1 saturated heterocycles. The molecule has 0 aliphatic carbocycles. The number of hydrogen-bond donors (Lipinski definition) is 1. The highest BCUT2D eigenvalue weighted by atomic mass is 16.5. The van der Waals surface area contributed by atoms with Crippen molar-refractivity contribution in [1.82, 2.24) is 10.2 Å². The fourth-order valence-electron chi connectivity index (χ4n) is 1.95. The van der Waals surface area contributed by atoms with Crippen molar-refractivity contribution in [2.45, 2.75) is 32.7 Å². The normalized spacial score (nSPS) is 20.9. The van der Waals surface area contributed by atoms with E-state index in [1.165, 1.54) is 12.0 Å². The van der Waals surface area contributed by atoms with E-state index in [-0.39, 0.29) is 5.54 Å². The SMILES string of the molecule is C=C(CNCCC)CN1CCOCC1(C)C. The van der Waals surface area contributed by atoms with Gasteiger partial charge in [-0.1, -0.05) is 13.5 Å². The van der Waals surface area contributed by atoms with E-state index in [4.69, 9.17) is 4.74 Å². The molecule has 0 spiro atoms. The van der Waals surface area contributed by atoms with Crippen molar-refractivity contribution in [3.63, 3.8) is 0 Å². The average Bonchev–Trinajstić information content (AvgIpc) is 2.21. The molecule has 3 nitrogen and oxygen atoms in total. The van der Waals surface area contributed by atoms with Crippen LogP contribution in [0.25, 0.3) is 0 Å². The summed E-state index contributed by atoms with van der Waals surface area (Å²) in [5.74, 6) is 0. The van der Waals surface area contributed by atoms with Crippen molar-refractivity contribution in [2.24, 2.45) is 0 Å². The minimum atomic E-state index is 0.145. The number of ether oxygens (including phenoxy) is 1. The van der Waals surface area contributed by atoms with Gasteiger partial charge in [-0.25, -0.2) is 0 Å². The zero-order chi connectivity index (χ0) is 12.0. The van der Waals surface area contributed by atoms with Crippen LogP contribution < -0.4 is 5.32 Å². The van der Waals surface area contributed by atoms with E-state index in [1.807, 2.05) is 0 Å². The Hall–Kier alpha value is -0.380. The molecule has 0 aromatic rings. The maximum atomic E-state index is 5.51. The molecule has 0 atom stereocenters. The first-order valence-electron chi connectivity index (χ1n) is 6.26. The molecule has 3 heteroatoms. The van der Waals surface area contributed by atoms with Crippen LogP contribution in [0.15, 0.2) is 12.2 Å². The molecule has 1 fully saturated rings. The molecule has 94 valence electrons. The monoisotopic (exact) mass is 226 g/mol. The summed E-state index contributed by atoms with van der Waals surface area (Å²) >= 11 is 0. The van der Waals surface area contributed by atoms with Crippen molar-refractivity contribution in [2.75, 3.05) is 39.4 Å².